The fourth-order valence-corrected chi connectivity index (χ4v) is 1.59. The Balaban J connectivity index is 2.87. The SMILES string of the molecule is CC(C)(CCO)c1ccc(Br)cc1. The van der Waals surface area contributed by atoms with Crippen molar-refractivity contribution in [1.82, 2.24) is 0 Å². The van der Waals surface area contributed by atoms with Crippen LogP contribution in [-0.4, -0.2) is 11.7 Å². The van der Waals surface area contributed by atoms with Gasteiger partial charge in [0.1, 0.15) is 0 Å². The lowest BCUT2D eigenvalue weighted by atomic mass is 9.82. The number of hydrogen-bond acceptors (Lipinski definition) is 1. The monoisotopic (exact) mass is 242 g/mol. The van der Waals surface area contributed by atoms with Gasteiger partial charge in [-0.15, -0.1) is 0 Å². The van der Waals surface area contributed by atoms with Crippen LogP contribution in [0.3, 0.4) is 0 Å². The minimum atomic E-state index is 0.0649. The maximum Gasteiger partial charge on any atom is 0.0439 e. The number of aliphatic hydroxyl groups is 1. The first kappa shape index (κ1) is 10.7. The Bertz CT molecular complexity index is 264. The second-order valence-corrected chi connectivity index (χ2v) is 4.78. The molecule has 0 saturated heterocycles. The van der Waals surface area contributed by atoms with Gasteiger partial charge in [-0.1, -0.05) is 41.9 Å². The third kappa shape index (κ3) is 2.82. The minimum Gasteiger partial charge on any atom is -0.396 e. The highest BCUT2D eigenvalue weighted by Gasteiger charge is 2.19. The lowest BCUT2D eigenvalue weighted by molar-refractivity contribution is 0.252. The van der Waals surface area contributed by atoms with Crippen molar-refractivity contribution in [2.75, 3.05) is 6.61 Å². The van der Waals surface area contributed by atoms with E-state index in [-0.39, 0.29) is 12.0 Å². The van der Waals surface area contributed by atoms with E-state index in [0.717, 1.165) is 10.9 Å². The van der Waals surface area contributed by atoms with Crippen molar-refractivity contribution >= 4 is 15.9 Å². The van der Waals surface area contributed by atoms with Crippen molar-refractivity contribution in [1.29, 1.82) is 0 Å². The lowest BCUT2D eigenvalue weighted by Crippen LogP contribution is -2.18. The maximum atomic E-state index is 8.91. The van der Waals surface area contributed by atoms with Gasteiger partial charge in [-0.2, -0.15) is 0 Å². The highest BCUT2D eigenvalue weighted by atomic mass is 79.9. The van der Waals surface area contributed by atoms with E-state index in [2.05, 4.69) is 41.9 Å². The molecule has 0 unspecified atom stereocenters. The maximum absolute atomic E-state index is 8.91. The van der Waals surface area contributed by atoms with Gasteiger partial charge in [0.25, 0.3) is 0 Å². The summed E-state index contributed by atoms with van der Waals surface area (Å²) >= 11 is 3.40. The topological polar surface area (TPSA) is 20.2 Å². The highest BCUT2D eigenvalue weighted by molar-refractivity contribution is 9.10. The molecule has 2 heteroatoms. The van der Waals surface area contributed by atoms with Crippen LogP contribution in [0.25, 0.3) is 0 Å². The second-order valence-electron chi connectivity index (χ2n) is 3.86. The van der Waals surface area contributed by atoms with Gasteiger partial charge < -0.3 is 5.11 Å². The third-order valence-corrected chi connectivity index (χ3v) is 2.89. The number of benzene rings is 1. The number of aliphatic hydroxyl groups excluding tert-OH is 1. The molecule has 0 radical (unpaired) electrons. The molecule has 0 spiro atoms. The summed E-state index contributed by atoms with van der Waals surface area (Å²) < 4.78 is 1.09. The first-order chi connectivity index (χ1) is 6.06. The van der Waals surface area contributed by atoms with Gasteiger partial charge in [0.05, 0.1) is 0 Å². The Morgan fingerprint density at radius 3 is 2.23 bits per heavy atom. The number of halogens is 1. The van der Waals surface area contributed by atoms with Crippen molar-refractivity contribution < 1.29 is 5.11 Å². The Morgan fingerprint density at radius 1 is 1.23 bits per heavy atom. The zero-order valence-electron chi connectivity index (χ0n) is 8.05. The largest absolute Gasteiger partial charge is 0.396 e. The van der Waals surface area contributed by atoms with Crippen LogP contribution < -0.4 is 0 Å². The summed E-state index contributed by atoms with van der Waals surface area (Å²) in [5.41, 5.74) is 1.33. The van der Waals surface area contributed by atoms with Crippen LogP contribution in [0.15, 0.2) is 28.7 Å². The summed E-state index contributed by atoms with van der Waals surface area (Å²) in [6.45, 7) is 4.53. The molecule has 0 bridgehead atoms. The summed E-state index contributed by atoms with van der Waals surface area (Å²) in [4.78, 5) is 0. The fourth-order valence-electron chi connectivity index (χ4n) is 1.32. The molecule has 1 nitrogen and oxygen atoms in total. The molecule has 0 aliphatic heterocycles. The summed E-state index contributed by atoms with van der Waals surface area (Å²) in [7, 11) is 0. The molecular formula is C11H15BrO. The molecule has 0 atom stereocenters. The van der Waals surface area contributed by atoms with E-state index in [1.54, 1.807) is 0 Å². The van der Waals surface area contributed by atoms with Crippen LogP contribution in [0.2, 0.25) is 0 Å². The van der Waals surface area contributed by atoms with Crippen LogP contribution in [0.4, 0.5) is 0 Å². The van der Waals surface area contributed by atoms with E-state index in [1.807, 2.05) is 12.1 Å². The molecule has 0 saturated carbocycles. The Hall–Kier alpha value is -0.340. The van der Waals surface area contributed by atoms with Crippen LogP contribution in [0.5, 0.6) is 0 Å². The molecule has 0 amide bonds. The second kappa shape index (κ2) is 4.25. The van der Waals surface area contributed by atoms with Crippen LogP contribution in [0.1, 0.15) is 25.8 Å². The zero-order valence-corrected chi connectivity index (χ0v) is 9.63. The van der Waals surface area contributed by atoms with Crippen molar-refractivity contribution in [3.63, 3.8) is 0 Å². The van der Waals surface area contributed by atoms with E-state index >= 15 is 0 Å². The van der Waals surface area contributed by atoms with E-state index in [0.29, 0.717) is 0 Å². The Kier molecular flexibility index (Phi) is 3.51. The average molecular weight is 243 g/mol. The molecule has 13 heavy (non-hydrogen) atoms. The Morgan fingerprint density at radius 2 is 1.77 bits per heavy atom. The molecule has 0 aliphatic carbocycles. The molecule has 1 rings (SSSR count). The fraction of sp³-hybridized carbons (Fsp3) is 0.455. The summed E-state index contributed by atoms with van der Waals surface area (Å²) in [5.74, 6) is 0. The lowest BCUT2D eigenvalue weighted by Gasteiger charge is -2.24. The average Bonchev–Trinajstić information content (AvgIpc) is 2.05. The number of rotatable bonds is 3. The van der Waals surface area contributed by atoms with Crippen molar-refractivity contribution in [2.24, 2.45) is 0 Å². The molecule has 0 heterocycles. The zero-order chi connectivity index (χ0) is 9.90. The van der Waals surface area contributed by atoms with Crippen molar-refractivity contribution in [2.45, 2.75) is 25.7 Å². The van der Waals surface area contributed by atoms with E-state index in [1.165, 1.54) is 5.56 Å². The smallest absolute Gasteiger partial charge is 0.0439 e. The molecule has 0 fully saturated rings. The summed E-state index contributed by atoms with van der Waals surface area (Å²) in [5, 5.41) is 8.91. The molecule has 1 aromatic rings. The van der Waals surface area contributed by atoms with Crippen molar-refractivity contribution in [3.8, 4) is 0 Å². The normalized spacial score (nSPS) is 11.7. The molecular weight excluding hydrogens is 228 g/mol. The molecule has 72 valence electrons. The van der Waals surface area contributed by atoms with Crippen molar-refractivity contribution in [3.05, 3.63) is 34.3 Å². The molecule has 1 N–H and O–H groups in total. The first-order valence-corrected chi connectivity index (χ1v) is 5.22. The number of hydrogen-bond donors (Lipinski definition) is 1. The summed E-state index contributed by atoms with van der Waals surface area (Å²) in [6, 6.07) is 8.27. The third-order valence-electron chi connectivity index (χ3n) is 2.36. The van der Waals surface area contributed by atoms with E-state index < -0.39 is 0 Å². The summed E-state index contributed by atoms with van der Waals surface area (Å²) in [6.07, 6.45) is 0.800. The highest BCUT2D eigenvalue weighted by Crippen LogP contribution is 2.27. The Labute approximate surface area is 87.9 Å². The van der Waals surface area contributed by atoms with Gasteiger partial charge in [-0.3, -0.25) is 0 Å². The van der Waals surface area contributed by atoms with Crippen LogP contribution in [-0.2, 0) is 5.41 Å². The quantitative estimate of drug-likeness (QED) is 0.864. The van der Waals surface area contributed by atoms with Gasteiger partial charge in [0.15, 0.2) is 0 Å². The first-order valence-electron chi connectivity index (χ1n) is 4.43. The van der Waals surface area contributed by atoms with Crippen LogP contribution in [0, 0.1) is 0 Å². The molecule has 0 aromatic heterocycles. The van der Waals surface area contributed by atoms with Crippen LogP contribution >= 0.6 is 15.9 Å². The predicted octanol–water partition coefficient (Wildman–Crippen LogP) is 3.11. The van der Waals surface area contributed by atoms with Gasteiger partial charge in [-0.25, -0.2) is 0 Å². The van der Waals surface area contributed by atoms with Gasteiger partial charge in [0, 0.05) is 11.1 Å². The molecule has 1 aromatic carbocycles. The van der Waals surface area contributed by atoms with Gasteiger partial charge in [0.2, 0.25) is 0 Å². The minimum absolute atomic E-state index is 0.0649. The molecule has 0 aliphatic rings. The van der Waals surface area contributed by atoms with Gasteiger partial charge in [-0.05, 0) is 29.5 Å². The van der Waals surface area contributed by atoms with Gasteiger partial charge >= 0.3 is 0 Å². The van der Waals surface area contributed by atoms with E-state index in [9.17, 15) is 0 Å². The predicted molar refractivity (Wildman–Crippen MR) is 58.9 cm³/mol. The van der Waals surface area contributed by atoms with E-state index in [4.69, 9.17) is 5.11 Å². The standard InChI is InChI=1S/C11H15BrO/c1-11(2,7-8-13)9-3-5-10(12)6-4-9/h3-6,13H,7-8H2,1-2H3.